The third-order valence-electron chi connectivity index (χ3n) is 1.54. The molecule has 0 saturated carbocycles. The SMILES string of the molecule is O=C(O)CC(CC(O)CO)C(=O)O. The average molecular weight is 192 g/mol. The molecule has 0 radical (unpaired) electrons. The minimum atomic E-state index is -1.28. The third-order valence-corrected chi connectivity index (χ3v) is 1.54. The summed E-state index contributed by atoms with van der Waals surface area (Å²) < 4.78 is 0. The van der Waals surface area contributed by atoms with Gasteiger partial charge >= 0.3 is 11.9 Å². The number of hydrogen-bond donors (Lipinski definition) is 4. The maximum absolute atomic E-state index is 10.4. The highest BCUT2D eigenvalue weighted by Gasteiger charge is 2.23. The van der Waals surface area contributed by atoms with Crippen molar-refractivity contribution >= 4 is 11.9 Å². The van der Waals surface area contributed by atoms with E-state index in [4.69, 9.17) is 20.4 Å². The molecule has 0 bridgehead atoms. The summed E-state index contributed by atoms with van der Waals surface area (Å²) in [6, 6.07) is 0. The van der Waals surface area contributed by atoms with Gasteiger partial charge in [0.2, 0.25) is 0 Å². The van der Waals surface area contributed by atoms with Crippen molar-refractivity contribution in [3.8, 4) is 0 Å². The highest BCUT2D eigenvalue weighted by molar-refractivity contribution is 5.77. The normalized spacial score (nSPS) is 14.9. The molecule has 0 aromatic heterocycles. The second kappa shape index (κ2) is 5.50. The molecule has 0 fully saturated rings. The molecule has 76 valence electrons. The molecule has 0 aromatic rings. The second-order valence-electron chi connectivity index (χ2n) is 2.71. The Morgan fingerprint density at radius 1 is 1.23 bits per heavy atom. The summed E-state index contributed by atoms with van der Waals surface area (Å²) >= 11 is 0. The van der Waals surface area contributed by atoms with Gasteiger partial charge in [-0.2, -0.15) is 0 Å². The number of rotatable bonds is 6. The number of aliphatic hydroxyl groups excluding tert-OH is 2. The first kappa shape index (κ1) is 11.9. The molecule has 0 aromatic carbocycles. The minimum absolute atomic E-state index is 0.252. The zero-order valence-electron chi connectivity index (χ0n) is 6.88. The van der Waals surface area contributed by atoms with Gasteiger partial charge in [0.15, 0.2) is 0 Å². The molecule has 0 aliphatic rings. The van der Waals surface area contributed by atoms with Gasteiger partial charge in [-0.15, -0.1) is 0 Å². The molecule has 0 saturated heterocycles. The highest BCUT2D eigenvalue weighted by Crippen LogP contribution is 2.11. The molecule has 4 N–H and O–H groups in total. The topological polar surface area (TPSA) is 115 Å². The van der Waals surface area contributed by atoms with Crippen LogP contribution in [0.3, 0.4) is 0 Å². The van der Waals surface area contributed by atoms with Crippen molar-refractivity contribution < 1.29 is 30.0 Å². The maximum atomic E-state index is 10.4. The van der Waals surface area contributed by atoms with Crippen LogP contribution in [-0.4, -0.2) is 45.1 Å². The van der Waals surface area contributed by atoms with Gasteiger partial charge in [-0.3, -0.25) is 9.59 Å². The molecule has 0 heterocycles. The number of aliphatic hydroxyl groups is 2. The lowest BCUT2D eigenvalue weighted by Gasteiger charge is -2.12. The van der Waals surface area contributed by atoms with E-state index >= 15 is 0 Å². The van der Waals surface area contributed by atoms with Crippen molar-refractivity contribution in [2.45, 2.75) is 18.9 Å². The second-order valence-corrected chi connectivity index (χ2v) is 2.71. The van der Waals surface area contributed by atoms with Crippen molar-refractivity contribution in [3.63, 3.8) is 0 Å². The zero-order valence-corrected chi connectivity index (χ0v) is 6.88. The Bertz CT molecular complexity index is 189. The predicted octanol–water partition coefficient (Wildman–Crippen LogP) is -1.09. The van der Waals surface area contributed by atoms with Crippen LogP contribution in [0.25, 0.3) is 0 Å². The van der Waals surface area contributed by atoms with Crippen molar-refractivity contribution in [1.29, 1.82) is 0 Å². The van der Waals surface area contributed by atoms with Crippen molar-refractivity contribution in [2.24, 2.45) is 5.92 Å². The summed E-state index contributed by atoms with van der Waals surface area (Å²) in [6.45, 7) is -0.566. The van der Waals surface area contributed by atoms with Crippen LogP contribution in [0.15, 0.2) is 0 Å². The van der Waals surface area contributed by atoms with Gasteiger partial charge in [-0.1, -0.05) is 0 Å². The number of carboxylic acids is 2. The fraction of sp³-hybridized carbons (Fsp3) is 0.714. The van der Waals surface area contributed by atoms with Gasteiger partial charge in [0, 0.05) is 0 Å². The summed E-state index contributed by atoms with van der Waals surface area (Å²) in [4.78, 5) is 20.6. The fourth-order valence-electron chi connectivity index (χ4n) is 0.885. The molecular weight excluding hydrogens is 180 g/mol. The van der Waals surface area contributed by atoms with E-state index < -0.39 is 37.0 Å². The molecular formula is C7H12O6. The largest absolute Gasteiger partial charge is 0.481 e. The Morgan fingerprint density at radius 2 is 1.77 bits per heavy atom. The molecule has 2 unspecified atom stereocenters. The minimum Gasteiger partial charge on any atom is -0.481 e. The summed E-state index contributed by atoms with van der Waals surface area (Å²) in [5.74, 6) is -3.67. The van der Waals surface area contributed by atoms with E-state index in [0.717, 1.165) is 0 Å². The quantitative estimate of drug-likeness (QED) is 0.425. The van der Waals surface area contributed by atoms with Gasteiger partial charge in [0.1, 0.15) is 0 Å². The third kappa shape index (κ3) is 5.15. The van der Waals surface area contributed by atoms with Crippen LogP contribution in [-0.2, 0) is 9.59 Å². The van der Waals surface area contributed by atoms with Gasteiger partial charge < -0.3 is 20.4 Å². The highest BCUT2D eigenvalue weighted by atomic mass is 16.4. The van der Waals surface area contributed by atoms with Crippen molar-refractivity contribution in [1.82, 2.24) is 0 Å². The summed E-state index contributed by atoms with van der Waals surface area (Å²) in [7, 11) is 0. The molecule has 13 heavy (non-hydrogen) atoms. The number of hydrogen-bond acceptors (Lipinski definition) is 4. The van der Waals surface area contributed by atoms with E-state index in [-0.39, 0.29) is 6.42 Å². The van der Waals surface area contributed by atoms with E-state index in [2.05, 4.69) is 0 Å². The Balaban J connectivity index is 4.10. The van der Waals surface area contributed by atoms with Crippen LogP contribution in [0, 0.1) is 5.92 Å². The Labute approximate surface area is 74.4 Å². The molecule has 6 nitrogen and oxygen atoms in total. The first-order valence-electron chi connectivity index (χ1n) is 3.71. The van der Waals surface area contributed by atoms with Crippen LogP contribution in [0.4, 0.5) is 0 Å². The summed E-state index contributed by atoms with van der Waals surface area (Å²) in [5, 5.41) is 34.1. The lowest BCUT2D eigenvalue weighted by atomic mass is 9.98. The standard InChI is InChI=1S/C7H12O6/c8-3-5(9)1-4(7(12)13)2-6(10)11/h4-5,8-9H,1-3H2,(H,10,11)(H,12,13). The van der Waals surface area contributed by atoms with E-state index in [1.165, 1.54) is 0 Å². The maximum Gasteiger partial charge on any atom is 0.307 e. The van der Waals surface area contributed by atoms with Crippen molar-refractivity contribution in [3.05, 3.63) is 0 Å². The smallest absolute Gasteiger partial charge is 0.307 e. The van der Waals surface area contributed by atoms with Crippen LogP contribution >= 0.6 is 0 Å². The average Bonchev–Trinajstić information content (AvgIpc) is 2.02. The van der Waals surface area contributed by atoms with E-state index in [1.807, 2.05) is 0 Å². The Hall–Kier alpha value is -1.14. The predicted molar refractivity (Wildman–Crippen MR) is 41.1 cm³/mol. The Morgan fingerprint density at radius 3 is 2.08 bits per heavy atom. The zero-order chi connectivity index (χ0) is 10.4. The van der Waals surface area contributed by atoms with Crippen LogP contribution in [0.5, 0.6) is 0 Å². The summed E-state index contributed by atoms with van der Waals surface area (Å²) in [5.41, 5.74) is 0. The molecule has 0 aliphatic heterocycles. The molecule has 0 rings (SSSR count). The lowest BCUT2D eigenvalue weighted by molar-refractivity contribution is -0.149. The lowest BCUT2D eigenvalue weighted by Crippen LogP contribution is -2.25. The number of aliphatic carboxylic acids is 2. The number of carbonyl (C=O) groups is 2. The number of carboxylic acid groups (broad SMARTS) is 2. The monoisotopic (exact) mass is 192 g/mol. The van der Waals surface area contributed by atoms with Crippen LogP contribution in [0.2, 0.25) is 0 Å². The van der Waals surface area contributed by atoms with Gasteiger partial charge in [0.05, 0.1) is 25.0 Å². The fourth-order valence-corrected chi connectivity index (χ4v) is 0.885. The first-order valence-corrected chi connectivity index (χ1v) is 3.71. The van der Waals surface area contributed by atoms with E-state index in [0.29, 0.717) is 0 Å². The first-order chi connectivity index (χ1) is 5.97. The summed E-state index contributed by atoms with van der Waals surface area (Å²) in [6.07, 6.45) is -1.98. The van der Waals surface area contributed by atoms with Crippen LogP contribution in [0.1, 0.15) is 12.8 Å². The van der Waals surface area contributed by atoms with Gasteiger partial charge in [-0.25, -0.2) is 0 Å². The van der Waals surface area contributed by atoms with E-state index in [9.17, 15) is 9.59 Å². The Kier molecular flexibility index (Phi) is 5.01. The molecule has 0 aliphatic carbocycles. The molecule has 0 spiro atoms. The van der Waals surface area contributed by atoms with Crippen LogP contribution < -0.4 is 0 Å². The molecule has 0 amide bonds. The molecule has 6 heteroatoms. The van der Waals surface area contributed by atoms with E-state index in [1.54, 1.807) is 0 Å². The van der Waals surface area contributed by atoms with Gasteiger partial charge in [0.25, 0.3) is 0 Å². The molecule has 2 atom stereocenters. The van der Waals surface area contributed by atoms with Crippen molar-refractivity contribution in [2.75, 3.05) is 6.61 Å². The van der Waals surface area contributed by atoms with Gasteiger partial charge in [-0.05, 0) is 6.42 Å².